The van der Waals surface area contributed by atoms with Gasteiger partial charge in [0.15, 0.2) is 0 Å². The van der Waals surface area contributed by atoms with Crippen LogP contribution in [0.5, 0.6) is 5.75 Å². The van der Waals surface area contributed by atoms with Crippen LogP contribution in [0.15, 0.2) is 41.8 Å². The number of imide groups is 1. The van der Waals surface area contributed by atoms with Crippen molar-refractivity contribution in [3.05, 3.63) is 46.7 Å². The minimum atomic E-state index is -0.813. The number of anilines is 1. The molecule has 0 bridgehead atoms. The number of esters is 1. The van der Waals surface area contributed by atoms with Crippen molar-refractivity contribution in [2.75, 3.05) is 4.90 Å². The second-order valence-corrected chi connectivity index (χ2v) is 9.29. The zero-order chi connectivity index (χ0) is 22.7. The van der Waals surface area contributed by atoms with E-state index in [1.807, 2.05) is 17.5 Å². The fourth-order valence-electron chi connectivity index (χ4n) is 4.46. The molecule has 8 heteroatoms. The number of benzene rings is 1. The highest BCUT2D eigenvalue weighted by Gasteiger charge is 2.45. The maximum Gasteiger partial charge on any atom is 0.308 e. The van der Waals surface area contributed by atoms with Gasteiger partial charge in [-0.05, 0) is 48.6 Å². The summed E-state index contributed by atoms with van der Waals surface area (Å²) in [6.07, 6.45) is 4.79. The molecule has 1 unspecified atom stereocenters. The van der Waals surface area contributed by atoms with E-state index in [9.17, 15) is 19.2 Å². The molecule has 2 heterocycles. The molecule has 168 valence electrons. The number of hydrogen-bond donors (Lipinski definition) is 0. The molecule has 1 aromatic carbocycles. The Morgan fingerprint density at radius 3 is 2.44 bits per heavy atom. The van der Waals surface area contributed by atoms with Crippen molar-refractivity contribution in [2.24, 2.45) is 5.92 Å². The summed E-state index contributed by atoms with van der Waals surface area (Å²) in [6, 6.07) is 9.28. The van der Waals surface area contributed by atoms with E-state index in [4.69, 9.17) is 4.74 Å². The number of carbonyl (C=O) groups excluding carboxylic acids is 4. The Bertz CT molecular complexity index is 996. The maximum absolute atomic E-state index is 13.5. The minimum Gasteiger partial charge on any atom is -0.427 e. The molecular formula is C24H26N2O5S. The van der Waals surface area contributed by atoms with Gasteiger partial charge in [-0.2, -0.15) is 0 Å². The number of ether oxygens (including phenoxy) is 1. The van der Waals surface area contributed by atoms with E-state index in [1.54, 1.807) is 29.2 Å². The summed E-state index contributed by atoms with van der Waals surface area (Å²) in [4.78, 5) is 54.5. The van der Waals surface area contributed by atoms with Gasteiger partial charge >= 0.3 is 5.97 Å². The predicted molar refractivity (Wildman–Crippen MR) is 120 cm³/mol. The van der Waals surface area contributed by atoms with Gasteiger partial charge in [0.1, 0.15) is 11.8 Å². The summed E-state index contributed by atoms with van der Waals surface area (Å²) in [6.45, 7) is 1.63. The van der Waals surface area contributed by atoms with Crippen LogP contribution in [-0.4, -0.2) is 34.6 Å². The van der Waals surface area contributed by atoms with Crippen LogP contribution in [0.25, 0.3) is 0 Å². The highest BCUT2D eigenvalue weighted by molar-refractivity contribution is 7.09. The standard InChI is InChI=1S/C24H26N2O5S/c1-16(27)31-19-11-9-18(10-12-19)26-22(28)14-21(24(26)30)25(15-20-8-5-13-32-20)23(29)17-6-3-2-4-7-17/h5,8-13,17,21H,2-4,6-7,14-15H2,1H3. The van der Waals surface area contributed by atoms with Crippen molar-refractivity contribution in [1.29, 1.82) is 0 Å². The van der Waals surface area contributed by atoms with Crippen LogP contribution in [0.3, 0.4) is 0 Å². The van der Waals surface area contributed by atoms with Crippen LogP contribution in [0, 0.1) is 5.92 Å². The minimum absolute atomic E-state index is 0.0312. The van der Waals surface area contributed by atoms with Gasteiger partial charge in [0.05, 0.1) is 18.7 Å². The zero-order valence-corrected chi connectivity index (χ0v) is 18.8. The van der Waals surface area contributed by atoms with Gasteiger partial charge in [-0.3, -0.25) is 19.2 Å². The first-order valence-electron chi connectivity index (χ1n) is 10.9. The number of hydrogen-bond acceptors (Lipinski definition) is 6. The molecule has 0 radical (unpaired) electrons. The Labute approximate surface area is 191 Å². The fourth-order valence-corrected chi connectivity index (χ4v) is 5.16. The Hall–Kier alpha value is -3.00. The molecule has 1 aliphatic carbocycles. The molecular weight excluding hydrogens is 428 g/mol. The Morgan fingerprint density at radius 1 is 1.09 bits per heavy atom. The van der Waals surface area contributed by atoms with Gasteiger partial charge in [-0.25, -0.2) is 4.90 Å². The molecule has 2 aliphatic rings. The lowest BCUT2D eigenvalue weighted by atomic mass is 9.88. The molecule has 1 aliphatic heterocycles. The summed E-state index contributed by atoms with van der Waals surface area (Å²) < 4.78 is 5.02. The van der Waals surface area contributed by atoms with Gasteiger partial charge in [0.2, 0.25) is 11.8 Å². The number of amides is 3. The van der Waals surface area contributed by atoms with Gasteiger partial charge < -0.3 is 9.64 Å². The highest BCUT2D eigenvalue weighted by atomic mass is 32.1. The largest absolute Gasteiger partial charge is 0.427 e. The van der Waals surface area contributed by atoms with Crippen molar-refractivity contribution in [3.8, 4) is 5.75 Å². The van der Waals surface area contributed by atoms with E-state index in [1.165, 1.54) is 18.3 Å². The number of carbonyl (C=O) groups is 4. The van der Waals surface area contributed by atoms with Crippen molar-refractivity contribution in [2.45, 2.75) is 58.0 Å². The van der Waals surface area contributed by atoms with Crippen LogP contribution in [0.1, 0.15) is 50.3 Å². The van der Waals surface area contributed by atoms with Gasteiger partial charge in [0, 0.05) is 17.7 Å². The molecule has 1 aromatic heterocycles. The normalized spacial score (nSPS) is 19.3. The SMILES string of the molecule is CC(=O)Oc1ccc(N2C(=O)CC(N(Cc3cccs3)C(=O)C3CCCCC3)C2=O)cc1. The fraction of sp³-hybridized carbons (Fsp3) is 0.417. The lowest BCUT2D eigenvalue weighted by Gasteiger charge is -2.32. The summed E-state index contributed by atoms with van der Waals surface area (Å²) >= 11 is 1.53. The molecule has 1 saturated carbocycles. The quantitative estimate of drug-likeness (QED) is 0.375. The second kappa shape index (κ2) is 9.65. The van der Waals surface area contributed by atoms with Gasteiger partial charge in [-0.1, -0.05) is 25.3 Å². The molecule has 7 nitrogen and oxygen atoms in total. The molecule has 1 saturated heterocycles. The Morgan fingerprint density at radius 2 is 1.81 bits per heavy atom. The molecule has 3 amide bonds. The molecule has 0 spiro atoms. The van der Waals surface area contributed by atoms with Crippen molar-refractivity contribution < 1.29 is 23.9 Å². The Kier molecular flexibility index (Phi) is 6.69. The summed E-state index contributed by atoms with van der Waals surface area (Å²) in [5.74, 6) is -0.968. The summed E-state index contributed by atoms with van der Waals surface area (Å²) in [5.41, 5.74) is 0.402. The van der Waals surface area contributed by atoms with Gasteiger partial charge in [0.25, 0.3) is 5.91 Å². The first kappa shape index (κ1) is 22.2. The lowest BCUT2D eigenvalue weighted by Crippen LogP contribution is -2.47. The zero-order valence-electron chi connectivity index (χ0n) is 18.0. The predicted octanol–water partition coefficient (Wildman–Crippen LogP) is 3.91. The van der Waals surface area contributed by atoms with Crippen LogP contribution >= 0.6 is 11.3 Å². The van der Waals surface area contributed by atoms with Crippen LogP contribution in [0.4, 0.5) is 5.69 Å². The van der Waals surface area contributed by atoms with E-state index in [0.29, 0.717) is 18.0 Å². The topological polar surface area (TPSA) is 84.0 Å². The van der Waals surface area contributed by atoms with E-state index in [2.05, 4.69) is 0 Å². The van der Waals surface area contributed by atoms with Crippen LogP contribution < -0.4 is 9.64 Å². The van der Waals surface area contributed by atoms with E-state index in [0.717, 1.165) is 41.9 Å². The first-order chi connectivity index (χ1) is 15.4. The average molecular weight is 455 g/mol. The third-order valence-electron chi connectivity index (χ3n) is 6.00. The third-order valence-corrected chi connectivity index (χ3v) is 6.86. The number of nitrogens with zero attached hydrogens (tertiary/aromatic N) is 2. The van der Waals surface area contributed by atoms with Crippen LogP contribution in [0.2, 0.25) is 0 Å². The number of rotatable bonds is 6. The molecule has 1 atom stereocenters. The highest BCUT2D eigenvalue weighted by Crippen LogP contribution is 2.32. The monoisotopic (exact) mass is 454 g/mol. The molecule has 0 N–H and O–H groups in total. The smallest absolute Gasteiger partial charge is 0.308 e. The van der Waals surface area contributed by atoms with Gasteiger partial charge in [-0.15, -0.1) is 11.3 Å². The molecule has 32 heavy (non-hydrogen) atoms. The third kappa shape index (κ3) is 4.75. The van der Waals surface area contributed by atoms with Crippen molar-refractivity contribution in [3.63, 3.8) is 0 Å². The summed E-state index contributed by atoms with van der Waals surface area (Å²) in [7, 11) is 0. The van der Waals surface area contributed by atoms with E-state index in [-0.39, 0.29) is 24.2 Å². The van der Waals surface area contributed by atoms with Crippen LogP contribution in [-0.2, 0) is 25.7 Å². The number of thiophene rings is 1. The first-order valence-corrected chi connectivity index (χ1v) is 11.8. The lowest BCUT2D eigenvalue weighted by molar-refractivity contribution is -0.143. The van der Waals surface area contributed by atoms with Crippen molar-refractivity contribution >= 4 is 40.7 Å². The second-order valence-electron chi connectivity index (χ2n) is 8.26. The molecule has 4 rings (SSSR count). The van der Waals surface area contributed by atoms with E-state index >= 15 is 0 Å². The average Bonchev–Trinajstić information content (AvgIpc) is 3.40. The van der Waals surface area contributed by atoms with Crippen molar-refractivity contribution in [1.82, 2.24) is 4.90 Å². The van der Waals surface area contributed by atoms with E-state index < -0.39 is 17.9 Å². The summed E-state index contributed by atoms with van der Waals surface area (Å²) in [5, 5.41) is 1.94. The molecule has 2 aromatic rings. The molecule has 2 fully saturated rings. The maximum atomic E-state index is 13.5. The Balaban J connectivity index is 1.57.